The molecular formula is C8H10N4. The Morgan fingerprint density at radius 2 is 1.25 bits per heavy atom. The SMILES string of the molecule is NN1C=CN(N)c2ccccc21. The van der Waals surface area contributed by atoms with Gasteiger partial charge in [-0.15, -0.1) is 0 Å². The minimum Gasteiger partial charge on any atom is -0.283 e. The van der Waals surface area contributed by atoms with Crippen LogP contribution < -0.4 is 21.7 Å². The van der Waals surface area contributed by atoms with Gasteiger partial charge in [0.05, 0.1) is 11.4 Å². The fraction of sp³-hybridized carbons (Fsp3) is 0. The van der Waals surface area contributed by atoms with Gasteiger partial charge in [0.25, 0.3) is 0 Å². The summed E-state index contributed by atoms with van der Waals surface area (Å²) in [6.45, 7) is 0. The Labute approximate surface area is 70.6 Å². The van der Waals surface area contributed by atoms with E-state index in [0.29, 0.717) is 0 Å². The molecule has 4 N–H and O–H groups in total. The van der Waals surface area contributed by atoms with Crippen LogP contribution in [0.1, 0.15) is 0 Å². The molecule has 4 nitrogen and oxygen atoms in total. The second-order valence-electron chi connectivity index (χ2n) is 2.60. The standard InChI is InChI=1S/C8H10N4/c9-11-5-6-12(10)8-4-2-1-3-7(8)11/h1-6H,9-10H2. The van der Waals surface area contributed by atoms with Gasteiger partial charge in [-0.2, -0.15) is 0 Å². The molecule has 0 aromatic heterocycles. The molecular weight excluding hydrogens is 152 g/mol. The average molecular weight is 162 g/mol. The van der Waals surface area contributed by atoms with Crippen LogP contribution in [0.5, 0.6) is 0 Å². The van der Waals surface area contributed by atoms with Gasteiger partial charge in [0.15, 0.2) is 0 Å². The van der Waals surface area contributed by atoms with Crippen LogP contribution in [0.4, 0.5) is 11.4 Å². The lowest BCUT2D eigenvalue weighted by Gasteiger charge is -2.27. The number of benzene rings is 1. The maximum Gasteiger partial charge on any atom is 0.0820 e. The first-order chi connectivity index (χ1) is 5.79. The highest BCUT2D eigenvalue weighted by molar-refractivity contribution is 5.74. The molecule has 0 bridgehead atoms. The number of hydrogen-bond acceptors (Lipinski definition) is 4. The minimum atomic E-state index is 0.905. The van der Waals surface area contributed by atoms with Crippen LogP contribution >= 0.6 is 0 Å². The molecule has 4 heteroatoms. The number of hydrazine groups is 2. The first-order valence-corrected chi connectivity index (χ1v) is 3.64. The van der Waals surface area contributed by atoms with Gasteiger partial charge in [-0.05, 0) is 12.1 Å². The summed E-state index contributed by atoms with van der Waals surface area (Å²) in [6.07, 6.45) is 3.42. The number of nitrogens with zero attached hydrogens (tertiary/aromatic N) is 2. The second-order valence-corrected chi connectivity index (χ2v) is 2.60. The summed E-state index contributed by atoms with van der Waals surface area (Å²) in [5.41, 5.74) is 1.81. The van der Waals surface area contributed by atoms with E-state index in [4.69, 9.17) is 11.7 Å². The maximum absolute atomic E-state index is 5.67. The van der Waals surface area contributed by atoms with Crippen molar-refractivity contribution in [2.45, 2.75) is 0 Å². The Kier molecular flexibility index (Phi) is 1.49. The minimum absolute atomic E-state index is 0.905. The van der Waals surface area contributed by atoms with Crippen molar-refractivity contribution in [1.29, 1.82) is 0 Å². The molecule has 2 rings (SSSR count). The molecule has 0 amide bonds. The van der Waals surface area contributed by atoms with Crippen molar-refractivity contribution >= 4 is 11.4 Å². The third kappa shape index (κ3) is 0.939. The Morgan fingerprint density at radius 3 is 1.67 bits per heavy atom. The van der Waals surface area contributed by atoms with E-state index in [1.807, 2.05) is 24.3 Å². The molecule has 1 heterocycles. The van der Waals surface area contributed by atoms with E-state index >= 15 is 0 Å². The number of fused-ring (bicyclic) bond motifs is 1. The van der Waals surface area contributed by atoms with Gasteiger partial charge in [-0.1, -0.05) is 12.1 Å². The van der Waals surface area contributed by atoms with Gasteiger partial charge in [-0.25, -0.2) is 11.7 Å². The summed E-state index contributed by atoms with van der Waals surface area (Å²) >= 11 is 0. The summed E-state index contributed by atoms with van der Waals surface area (Å²) in [5, 5.41) is 3.08. The van der Waals surface area contributed by atoms with E-state index < -0.39 is 0 Å². The van der Waals surface area contributed by atoms with Crippen molar-refractivity contribution in [2.75, 3.05) is 10.0 Å². The molecule has 12 heavy (non-hydrogen) atoms. The summed E-state index contributed by atoms with van der Waals surface area (Å²) in [6, 6.07) is 7.68. The van der Waals surface area contributed by atoms with E-state index in [1.54, 1.807) is 22.4 Å². The fourth-order valence-electron chi connectivity index (χ4n) is 1.21. The summed E-state index contributed by atoms with van der Waals surface area (Å²) in [5.74, 6) is 11.3. The normalized spacial score (nSPS) is 14.8. The van der Waals surface area contributed by atoms with Crippen molar-refractivity contribution in [1.82, 2.24) is 0 Å². The predicted octanol–water partition coefficient (Wildman–Crippen LogP) is 0.532. The van der Waals surface area contributed by atoms with E-state index in [-0.39, 0.29) is 0 Å². The van der Waals surface area contributed by atoms with Crippen LogP contribution in [0.2, 0.25) is 0 Å². The lowest BCUT2D eigenvalue weighted by atomic mass is 10.2. The molecule has 0 spiro atoms. The number of anilines is 2. The van der Waals surface area contributed by atoms with Gasteiger partial charge in [0.2, 0.25) is 0 Å². The fourth-order valence-corrected chi connectivity index (χ4v) is 1.21. The maximum atomic E-state index is 5.67. The molecule has 0 atom stereocenters. The quantitative estimate of drug-likeness (QED) is 0.546. The molecule has 62 valence electrons. The van der Waals surface area contributed by atoms with Crippen molar-refractivity contribution < 1.29 is 0 Å². The van der Waals surface area contributed by atoms with Gasteiger partial charge in [0, 0.05) is 12.4 Å². The number of rotatable bonds is 0. The van der Waals surface area contributed by atoms with Crippen molar-refractivity contribution in [3.8, 4) is 0 Å². The molecule has 1 aliphatic heterocycles. The van der Waals surface area contributed by atoms with Crippen molar-refractivity contribution in [2.24, 2.45) is 11.7 Å². The highest BCUT2D eigenvalue weighted by Crippen LogP contribution is 2.28. The Bertz CT molecular complexity index is 290. The third-order valence-electron chi connectivity index (χ3n) is 1.83. The van der Waals surface area contributed by atoms with Crippen LogP contribution in [0.3, 0.4) is 0 Å². The average Bonchev–Trinajstić information content (AvgIpc) is 2.12. The molecule has 0 saturated heterocycles. The van der Waals surface area contributed by atoms with Gasteiger partial charge < -0.3 is 0 Å². The van der Waals surface area contributed by atoms with E-state index in [2.05, 4.69) is 0 Å². The first kappa shape index (κ1) is 7.15. The number of para-hydroxylation sites is 2. The van der Waals surface area contributed by atoms with Gasteiger partial charge in [-0.3, -0.25) is 10.0 Å². The smallest absolute Gasteiger partial charge is 0.0820 e. The molecule has 0 aliphatic carbocycles. The third-order valence-corrected chi connectivity index (χ3v) is 1.83. The lowest BCUT2D eigenvalue weighted by Crippen LogP contribution is -2.35. The van der Waals surface area contributed by atoms with Crippen molar-refractivity contribution in [3.05, 3.63) is 36.7 Å². The van der Waals surface area contributed by atoms with Crippen LogP contribution in [0, 0.1) is 0 Å². The molecule has 0 unspecified atom stereocenters. The van der Waals surface area contributed by atoms with E-state index in [9.17, 15) is 0 Å². The molecule has 1 aromatic carbocycles. The first-order valence-electron chi connectivity index (χ1n) is 3.64. The molecule has 0 radical (unpaired) electrons. The number of hydrogen-bond donors (Lipinski definition) is 2. The number of nitrogens with two attached hydrogens (primary N) is 2. The van der Waals surface area contributed by atoms with E-state index in [1.165, 1.54) is 0 Å². The summed E-state index contributed by atoms with van der Waals surface area (Å²) in [4.78, 5) is 0. The zero-order valence-electron chi connectivity index (χ0n) is 6.51. The van der Waals surface area contributed by atoms with Crippen LogP contribution in [-0.4, -0.2) is 0 Å². The van der Waals surface area contributed by atoms with Crippen LogP contribution in [-0.2, 0) is 0 Å². The Morgan fingerprint density at radius 1 is 0.833 bits per heavy atom. The van der Waals surface area contributed by atoms with Crippen LogP contribution in [0.15, 0.2) is 36.7 Å². The zero-order valence-corrected chi connectivity index (χ0v) is 6.51. The van der Waals surface area contributed by atoms with Gasteiger partial charge in [0.1, 0.15) is 0 Å². The topological polar surface area (TPSA) is 58.5 Å². The van der Waals surface area contributed by atoms with Crippen molar-refractivity contribution in [3.63, 3.8) is 0 Å². The Balaban J connectivity index is 2.54. The molecule has 1 aliphatic rings. The largest absolute Gasteiger partial charge is 0.283 e. The highest BCUT2D eigenvalue weighted by Gasteiger charge is 2.12. The zero-order chi connectivity index (χ0) is 8.55. The van der Waals surface area contributed by atoms with Gasteiger partial charge >= 0.3 is 0 Å². The van der Waals surface area contributed by atoms with E-state index in [0.717, 1.165) is 11.4 Å². The molecule has 1 aromatic rings. The summed E-state index contributed by atoms with van der Waals surface area (Å²) < 4.78 is 0. The molecule has 0 saturated carbocycles. The highest BCUT2D eigenvalue weighted by atomic mass is 15.5. The Hall–Kier alpha value is -1.52. The monoisotopic (exact) mass is 162 g/mol. The lowest BCUT2D eigenvalue weighted by molar-refractivity contribution is 0.978. The van der Waals surface area contributed by atoms with Crippen LogP contribution in [0.25, 0.3) is 0 Å². The molecule has 0 fully saturated rings. The second kappa shape index (κ2) is 2.51. The summed E-state index contributed by atoms with van der Waals surface area (Å²) in [7, 11) is 0. The predicted molar refractivity (Wildman–Crippen MR) is 48.9 cm³/mol.